The minimum Gasteiger partial charge on any atom is -0.337 e. The number of carbonyl (C=O) groups excluding carboxylic acids is 2. The third-order valence-electron chi connectivity index (χ3n) is 5.69. The number of amides is 2. The molecule has 2 amide bonds. The van der Waals surface area contributed by atoms with Crippen LogP contribution in [0.3, 0.4) is 0 Å². The van der Waals surface area contributed by atoms with Crippen molar-refractivity contribution in [3.8, 4) is 0 Å². The highest BCUT2D eigenvalue weighted by molar-refractivity contribution is 6.05. The third kappa shape index (κ3) is 6.28. The van der Waals surface area contributed by atoms with E-state index in [1.165, 1.54) is 31.5 Å². The second-order valence-corrected chi connectivity index (χ2v) is 8.13. The number of hydrogen-bond donors (Lipinski definition) is 2. The van der Waals surface area contributed by atoms with Crippen LogP contribution in [0.2, 0.25) is 0 Å². The molecule has 0 spiro atoms. The molecule has 0 saturated carbocycles. The Kier molecular flexibility index (Phi) is 7.30. The van der Waals surface area contributed by atoms with E-state index in [0.717, 1.165) is 18.7 Å². The van der Waals surface area contributed by atoms with E-state index in [1.54, 1.807) is 36.8 Å². The molecule has 2 N–H and O–H groups in total. The van der Waals surface area contributed by atoms with E-state index in [0.29, 0.717) is 24.2 Å². The average Bonchev–Trinajstić information content (AvgIpc) is 3.52. The zero-order valence-electron chi connectivity index (χ0n) is 18.2. The lowest BCUT2D eigenvalue weighted by atomic mass is 10.1. The van der Waals surface area contributed by atoms with Crippen LogP contribution in [0.4, 0.5) is 11.4 Å². The maximum Gasteiger partial charge on any atom is 0.255 e. The highest BCUT2D eigenvalue weighted by atomic mass is 16.2. The fourth-order valence-electron chi connectivity index (χ4n) is 3.86. The lowest BCUT2D eigenvalue weighted by Gasteiger charge is -2.14. The molecule has 166 valence electrons. The zero-order valence-corrected chi connectivity index (χ0v) is 18.2. The summed E-state index contributed by atoms with van der Waals surface area (Å²) < 4.78 is 1.85. The van der Waals surface area contributed by atoms with Gasteiger partial charge in [0.2, 0.25) is 5.91 Å². The van der Waals surface area contributed by atoms with E-state index >= 15 is 0 Å². The number of hydrogen-bond acceptors (Lipinski definition) is 4. The van der Waals surface area contributed by atoms with Crippen molar-refractivity contribution in [2.45, 2.75) is 32.2 Å². The molecule has 2 heterocycles. The minimum atomic E-state index is -0.204. The first-order chi connectivity index (χ1) is 15.7. The van der Waals surface area contributed by atoms with Crippen LogP contribution >= 0.6 is 0 Å². The van der Waals surface area contributed by atoms with Crippen LogP contribution in [-0.4, -0.2) is 45.9 Å². The summed E-state index contributed by atoms with van der Waals surface area (Å²) in [7, 11) is 0. The molecule has 1 saturated heterocycles. The highest BCUT2D eigenvalue weighted by Gasteiger charge is 2.11. The lowest BCUT2D eigenvalue weighted by Crippen LogP contribution is -2.21. The molecule has 7 nitrogen and oxygen atoms in total. The Labute approximate surface area is 188 Å². The first-order valence-electron chi connectivity index (χ1n) is 11.1. The van der Waals surface area contributed by atoms with Crippen LogP contribution in [0.25, 0.3) is 0 Å². The van der Waals surface area contributed by atoms with Gasteiger partial charge in [0, 0.05) is 48.8 Å². The van der Waals surface area contributed by atoms with Crippen molar-refractivity contribution in [1.29, 1.82) is 0 Å². The van der Waals surface area contributed by atoms with Gasteiger partial charge in [-0.3, -0.25) is 9.59 Å². The molecule has 7 heteroatoms. The Morgan fingerprint density at radius 1 is 0.938 bits per heavy atom. The fourth-order valence-corrected chi connectivity index (χ4v) is 3.86. The number of nitrogens with one attached hydrogen (secondary N) is 2. The maximum atomic E-state index is 12.7. The van der Waals surface area contributed by atoms with E-state index in [1.807, 2.05) is 22.9 Å². The Hall–Kier alpha value is -3.45. The minimum absolute atomic E-state index is 0.110. The van der Waals surface area contributed by atoms with Gasteiger partial charge in [0.05, 0.1) is 6.33 Å². The van der Waals surface area contributed by atoms with Crippen molar-refractivity contribution >= 4 is 23.2 Å². The second kappa shape index (κ2) is 10.7. The monoisotopic (exact) mass is 431 g/mol. The van der Waals surface area contributed by atoms with E-state index in [-0.39, 0.29) is 11.8 Å². The van der Waals surface area contributed by atoms with Crippen LogP contribution < -0.4 is 10.6 Å². The van der Waals surface area contributed by atoms with Crippen molar-refractivity contribution in [1.82, 2.24) is 14.5 Å². The van der Waals surface area contributed by atoms with Gasteiger partial charge < -0.3 is 20.1 Å². The van der Waals surface area contributed by atoms with Crippen molar-refractivity contribution in [3.05, 3.63) is 78.4 Å². The Bertz CT molecular complexity index is 1020. The topological polar surface area (TPSA) is 79.3 Å². The predicted octanol–water partition coefficient (Wildman–Crippen LogP) is 3.80. The SMILES string of the molecule is O=C(CCn1ccnc1)Nc1cccc(C(=O)Nc2ccc(CCN3CCCC3)cc2)c1. The molecule has 0 radical (unpaired) electrons. The van der Waals surface area contributed by atoms with Gasteiger partial charge in [0.1, 0.15) is 0 Å². The summed E-state index contributed by atoms with van der Waals surface area (Å²) in [5.74, 6) is -0.315. The molecule has 1 aromatic heterocycles. The van der Waals surface area contributed by atoms with Gasteiger partial charge >= 0.3 is 0 Å². The van der Waals surface area contributed by atoms with Crippen LogP contribution in [0.5, 0.6) is 0 Å². The van der Waals surface area contributed by atoms with Crippen molar-refractivity contribution in [2.75, 3.05) is 30.3 Å². The van der Waals surface area contributed by atoms with Gasteiger partial charge in [-0.1, -0.05) is 18.2 Å². The first kappa shape index (κ1) is 21.8. The first-order valence-corrected chi connectivity index (χ1v) is 11.1. The molecular weight excluding hydrogens is 402 g/mol. The fraction of sp³-hybridized carbons (Fsp3) is 0.320. The van der Waals surface area contributed by atoms with E-state index < -0.39 is 0 Å². The van der Waals surface area contributed by atoms with E-state index in [4.69, 9.17) is 0 Å². The number of aromatic nitrogens is 2. The molecule has 1 aliphatic heterocycles. The molecule has 4 rings (SSSR count). The number of aryl methyl sites for hydroxylation is 1. The van der Waals surface area contributed by atoms with Crippen molar-refractivity contribution in [3.63, 3.8) is 0 Å². The number of imidazole rings is 1. The number of likely N-dealkylation sites (tertiary alicyclic amines) is 1. The smallest absolute Gasteiger partial charge is 0.255 e. The van der Waals surface area contributed by atoms with Gasteiger partial charge in [0.25, 0.3) is 5.91 Å². The molecule has 1 aliphatic rings. The normalized spacial score (nSPS) is 13.8. The van der Waals surface area contributed by atoms with Gasteiger partial charge in [-0.2, -0.15) is 0 Å². The van der Waals surface area contributed by atoms with Crippen LogP contribution in [-0.2, 0) is 17.8 Å². The van der Waals surface area contributed by atoms with E-state index in [2.05, 4.69) is 32.7 Å². The summed E-state index contributed by atoms with van der Waals surface area (Å²) in [5, 5.41) is 5.79. The van der Waals surface area contributed by atoms with Gasteiger partial charge in [-0.15, -0.1) is 0 Å². The Morgan fingerprint density at radius 3 is 2.50 bits per heavy atom. The summed E-state index contributed by atoms with van der Waals surface area (Å²) >= 11 is 0. The predicted molar refractivity (Wildman–Crippen MR) is 126 cm³/mol. The summed E-state index contributed by atoms with van der Waals surface area (Å²) in [6.07, 6.45) is 9.15. The van der Waals surface area contributed by atoms with Crippen molar-refractivity contribution in [2.24, 2.45) is 0 Å². The Morgan fingerprint density at radius 2 is 1.75 bits per heavy atom. The number of rotatable bonds is 9. The third-order valence-corrected chi connectivity index (χ3v) is 5.69. The molecule has 32 heavy (non-hydrogen) atoms. The summed E-state index contributed by atoms with van der Waals surface area (Å²) in [4.78, 5) is 31.3. The standard InChI is InChI=1S/C25H29N5O2/c31-24(11-16-30-17-12-26-19-30)27-23-5-3-4-21(18-23)25(32)28-22-8-6-20(7-9-22)10-15-29-13-1-2-14-29/h3-9,12,17-19H,1-2,10-11,13-16H2,(H,27,31)(H,28,32). The van der Waals surface area contributed by atoms with Crippen LogP contribution in [0.15, 0.2) is 67.3 Å². The number of nitrogens with zero attached hydrogens (tertiary/aromatic N) is 3. The number of benzene rings is 2. The number of carbonyl (C=O) groups is 2. The second-order valence-electron chi connectivity index (χ2n) is 8.13. The summed E-state index contributed by atoms with van der Waals surface area (Å²) in [5.41, 5.74) is 3.13. The van der Waals surface area contributed by atoms with Crippen LogP contribution in [0.1, 0.15) is 35.2 Å². The summed E-state index contributed by atoms with van der Waals surface area (Å²) in [6, 6.07) is 15.0. The van der Waals surface area contributed by atoms with Gasteiger partial charge in [-0.25, -0.2) is 4.98 Å². The van der Waals surface area contributed by atoms with Crippen molar-refractivity contribution < 1.29 is 9.59 Å². The van der Waals surface area contributed by atoms with Gasteiger partial charge in [0.15, 0.2) is 0 Å². The largest absolute Gasteiger partial charge is 0.337 e. The molecule has 1 fully saturated rings. The molecule has 0 unspecified atom stereocenters. The molecule has 0 bridgehead atoms. The zero-order chi connectivity index (χ0) is 22.2. The lowest BCUT2D eigenvalue weighted by molar-refractivity contribution is -0.116. The molecule has 0 aliphatic carbocycles. The Balaban J connectivity index is 1.27. The molecule has 3 aromatic rings. The van der Waals surface area contributed by atoms with E-state index in [9.17, 15) is 9.59 Å². The molecular formula is C25H29N5O2. The number of anilines is 2. The highest BCUT2D eigenvalue weighted by Crippen LogP contribution is 2.16. The molecule has 2 aromatic carbocycles. The molecule has 0 atom stereocenters. The van der Waals surface area contributed by atoms with Crippen LogP contribution in [0, 0.1) is 0 Å². The summed E-state index contributed by atoms with van der Waals surface area (Å²) in [6.45, 7) is 4.06. The average molecular weight is 432 g/mol. The maximum absolute atomic E-state index is 12.7. The quantitative estimate of drug-likeness (QED) is 0.540. The van der Waals surface area contributed by atoms with Gasteiger partial charge in [-0.05, 0) is 68.2 Å².